The van der Waals surface area contributed by atoms with Gasteiger partial charge in [0.2, 0.25) is 5.88 Å². The molecule has 19 heavy (non-hydrogen) atoms. The second kappa shape index (κ2) is 6.77. The van der Waals surface area contributed by atoms with Gasteiger partial charge >= 0.3 is 0 Å². The molecule has 0 bridgehead atoms. The number of anilines is 1. The second-order valence-corrected chi connectivity index (χ2v) is 5.66. The molecule has 1 aromatic carbocycles. The van der Waals surface area contributed by atoms with Crippen LogP contribution in [-0.2, 0) is 0 Å². The summed E-state index contributed by atoms with van der Waals surface area (Å²) in [6.45, 7) is 2.63. The lowest BCUT2D eigenvalue weighted by atomic mass is 10.4. The van der Waals surface area contributed by atoms with E-state index in [2.05, 4.69) is 25.9 Å². The number of hydrogen-bond donors (Lipinski definition) is 1. The van der Waals surface area contributed by atoms with Crippen molar-refractivity contribution < 1.29 is 4.74 Å². The molecule has 100 valence electrons. The van der Waals surface area contributed by atoms with Crippen molar-refractivity contribution in [3.63, 3.8) is 0 Å². The van der Waals surface area contributed by atoms with Crippen LogP contribution in [0.1, 0.15) is 13.3 Å². The summed E-state index contributed by atoms with van der Waals surface area (Å²) in [5, 5.41) is 0.702. The SMILES string of the molecule is CCCOc1ncnc(Sc2ccccc2Br)c1N. The third-order valence-electron chi connectivity index (χ3n) is 2.30. The van der Waals surface area contributed by atoms with E-state index in [4.69, 9.17) is 10.5 Å². The van der Waals surface area contributed by atoms with Gasteiger partial charge < -0.3 is 10.5 Å². The predicted octanol–water partition coefficient (Wildman–Crippen LogP) is 3.76. The first kappa shape index (κ1) is 14.1. The average molecular weight is 340 g/mol. The van der Waals surface area contributed by atoms with Gasteiger partial charge in [-0.25, -0.2) is 4.98 Å². The van der Waals surface area contributed by atoms with Crippen LogP contribution in [0.4, 0.5) is 5.69 Å². The molecule has 0 saturated heterocycles. The van der Waals surface area contributed by atoms with E-state index in [0.29, 0.717) is 23.2 Å². The maximum absolute atomic E-state index is 6.04. The highest BCUT2D eigenvalue weighted by atomic mass is 79.9. The number of halogens is 1. The topological polar surface area (TPSA) is 61.0 Å². The van der Waals surface area contributed by atoms with Gasteiger partial charge in [-0.2, -0.15) is 4.98 Å². The summed E-state index contributed by atoms with van der Waals surface area (Å²) < 4.78 is 6.50. The Morgan fingerprint density at radius 3 is 2.84 bits per heavy atom. The Kier molecular flexibility index (Phi) is 5.04. The minimum absolute atomic E-state index is 0.450. The summed E-state index contributed by atoms with van der Waals surface area (Å²) in [5.41, 5.74) is 6.52. The van der Waals surface area contributed by atoms with Gasteiger partial charge in [0.1, 0.15) is 17.0 Å². The zero-order chi connectivity index (χ0) is 13.7. The highest BCUT2D eigenvalue weighted by molar-refractivity contribution is 9.10. The van der Waals surface area contributed by atoms with Crippen molar-refractivity contribution in [2.45, 2.75) is 23.3 Å². The first-order valence-corrected chi connectivity index (χ1v) is 7.49. The number of ether oxygens (including phenoxy) is 1. The number of hydrogen-bond acceptors (Lipinski definition) is 5. The van der Waals surface area contributed by atoms with Crippen molar-refractivity contribution in [1.29, 1.82) is 0 Å². The minimum Gasteiger partial charge on any atom is -0.476 e. The highest BCUT2D eigenvalue weighted by Gasteiger charge is 2.11. The molecule has 6 heteroatoms. The molecule has 0 saturated carbocycles. The molecule has 0 aliphatic heterocycles. The number of aromatic nitrogens is 2. The summed E-state index contributed by atoms with van der Waals surface area (Å²) in [4.78, 5) is 9.32. The predicted molar refractivity (Wildman–Crippen MR) is 80.5 cm³/mol. The zero-order valence-electron chi connectivity index (χ0n) is 10.5. The van der Waals surface area contributed by atoms with Crippen LogP contribution in [0.25, 0.3) is 0 Å². The molecule has 0 spiro atoms. The van der Waals surface area contributed by atoms with Crippen molar-refractivity contribution in [1.82, 2.24) is 9.97 Å². The van der Waals surface area contributed by atoms with E-state index in [0.717, 1.165) is 15.8 Å². The van der Waals surface area contributed by atoms with Gasteiger partial charge in [-0.15, -0.1) is 0 Å². The molecule has 2 rings (SSSR count). The van der Waals surface area contributed by atoms with Crippen LogP contribution in [0.3, 0.4) is 0 Å². The molecule has 2 N–H and O–H groups in total. The summed E-state index contributed by atoms with van der Waals surface area (Å²) in [5.74, 6) is 0.450. The molecular weight excluding hydrogens is 326 g/mol. The van der Waals surface area contributed by atoms with Crippen molar-refractivity contribution in [3.05, 3.63) is 35.1 Å². The van der Waals surface area contributed by atoms with Crippen LogP contribution in [0.15, 0.2) is 45.0 Å². The standard InChI is InChI=1S/C13H14BrN3OS/c1-2-7-18-12-11(15)13(17-8-16-12)19-10-6-4-3-5-9(10)14/h3-6,8H,2,7,15H2,1H3. The van der Waals surface area contributed by atoms with E-state index in [-0.39, 0.29) is 0 Å². The summed E-state index contributed by atoms with van der Waals surface area (Å²) in [7, 11) is 0. The molecule has 0 amide bonds. The van der Waals surface area contributed by atoms with E-state index in [1.165, 1.54) is 18.1 Å². The average Bonchev–Trinajstić information content (AvgIpc) is 2.42. The van der Waals surface area contributed by atoms with E-state index in [1.807, 2.05) is 31.2 Å². The van der Waals surface area contributed by atoms with E-state index >= 15 is 0 Å². The molecule has 0 atom stereocenters. The maximum atomic E-state index is 6.04. The van der Waals surface area contributed by atoms with Crippen LogP contribution in [-0.4, -0.2) is 16.6 Å². The first-order valence-electron chi connectivity index (χ1n) is 5.88. The van der Waals surface area contributed by atoms with Gasteiger partial charge in [0, 0.05) is 9.37 Å². The zero-order valence-corrected chi connectivity index (χ0v) is 12.9. The largest absolute Gasteiger partial charge is 0.476 e. The number of nitrogen functional groups attached to an aromatic ring is 1. The lowest BCUT2D eigenvalue weighted by Gasteiger charge is -2.10. The molecule has 0 aliphatic carbocycles. The molecule has 4 nitrogen and oxygen atoms in total. The number of benzene rings is 1. The Morgan fingerprint density at radius 2 is 2.11 bits per heavy atom. The molecular formula is C13H14BrN3OS. The lowest BCUT2D eigenvalue weighted by Crippen LogP contribution is -2.03. The fraction of sp³-hybridized carbons (Fsp3) is 0.231. The Bertz CT molecular complexity index is 565. The van der Waals surface area contributed by atoms with E-state index in [1.54, 1.807) is 0 Å². The number of nitrogens with two attached hydrogens (primary N) is 1. The van der Waals surface area contributed by atoms with Gasteiger partial charge in [0.25, 0.3) is 0 Å². The van der Waals surface area contributed by atoms with Crippen LogP contribution < -0.4 is 10.5 Å². The molecule has 0 aliphatic rings. The normalized spacial score (nSPS) is 10.4. The summed E-state index contributed by atoms with van der Waals surface area (Å²) in [6, 6.07) is 7.92. The van der Waals surface area contributed by atoms with Crippen molar-refractivity contribution in [3.8, 4) is 5.88 Å². The van der Waals surface area contributed by atoms with Crippen LogP contribution in [0.5, 0.6) is 5.88 Å². The van der Waals surface area contributed by atoms with Crippen LogP contribution in [0, 0.1) is 0 Å². The number of nitrogens with zero attached hydrogens (tertiary/aromatic N) is 2. The fourth-order valence-electron chi connectivity index (χ4n) is 1.39. The minimum atomic E-state index is 0.450. The van der Waals surface area contributed by atoms with E-state index < -0.39 is 0 Å². The summed E-state index contributed by atoms with van der Waals surface area (Å²) >= 11 is 4.99. The highest BCUT2D eigenvalue weighted by Crippen LogP contribution is 2.37. The van der Waals surface area contributed by atoms with Gasteiger partial charge in [-0.3, -0.25) is 0 Å². The Labute approximate surface area is 124 Å². The van der Waals surface area contributed by atoms with Gasteiger partial charge in [0.05, 0.1) is 6.61 Å². The Hall–Kier alpha value is -1.27. The first-order chi connectivity index (χ1) is 9.22. The van der Waals surface area contributed by atoms with Crippen molar-refractivity contribution >= 4 is 33.4 Å². The smallest absolute Gasteiger partial charge is 0.241 e. The van der Waals surface area contributed by atoms with Crippen molar-refractivity contribution in [2.24, 2.45) is 0 Å². The quantitative estimate of drug-likeness (QED) is 0.840. The monoisotopic (exact) mass is 339 g/mol. The van der Waals surface area contributed by atoms with Gasteiger partial charge in [-0.1, -0.05) is 30.8 Å². The Balaban J connectivity index is 2.23. The molecule has 0 radical (unpaired) electrons. The molecule has 0 unspecified atom stereocenters. The van der Waals surface area contributed by atoms with Crippen molar-refractivity contribution in [2.75, 3.05) is 12.3 Å². The third-order valence-corrected chi connectivity index (χ3v) is 4.35. The number of rotatable bonds is 5. The second-order valence-electron chi connectivity index (χ2n) is 3.78. The molecule has 2 aromatic rings. The summed E-state index contributed by atoms with van der Waals surface area (Å²) in [6.07, 6.45) is 2.39. The van der Waals surface area contributed by atoms with Gasteiger partial charge in [0.15, 0.2) is 0 Å². The maximum Gasteiger partial charge on any atom is 0.241 e. The molecule has 1 aromatic heterocycles. The fourth-order valence-corrected chi connectivity index (χ4v) is 2.74. The Morgan fingerprint density at radius 1 is 1.32 bits per heavy atom. The van der Waals surface area contributed by atoms with Gasteiger partial charge in [-0.05, 0) is 34.5 Å². The lowest BCUT2D eigenvalue weighted by molar-refractivity contribution is 0.305. The third kappa shape index (κ3) is 3.61. The molecule has 0 fully saturated rings. The van der Waals surface area contributed by atoms with E-state index in [9.17, 15) is 0 Å². The van der Waals surface area contributed by atoms with Crippen LogP contribution in [0.2, 0.25) is 0 Å². The van der Waals surface area contributed by atoms with Crippen LogP contribution >= 0.6 is 27.7 Å². The molecule has 1 heterocycles.